The van der Waals surface area contributed by atoms with E-state index >= 15 is 0 Å². The molecule has 0 saturated carbocycles. The normalized spacial score (nSPS) is 12.0. The second-order valence-corrected chi connectivity index (χ2v) is 9.11. The first-order chi connectivity index (χ1) is 17.5. The molecule has 0 radical (unpaired) electrons. The van der Waals surface area contributed by atoms with Crippen molar-refractivity contribution >= 4 is 33.5 Å². The van der Waals surface area contributed by atoms with Gasteiger partial charge in [0, 0.05) is 17.7 Å². The zero-order chi connectivity index (χ0) is 29.3. The van der Waals surface area contributed by atoms with Gasteiger partial charge in [-0.2, -0.15) is 13.2 Å². The van der Waals surface area contributed by atoms with E-state index in [9.17, 15) is 35.6 Å². The van der Waals surface area contributed by atoms with Gasteiger partial charge in [0.1, 0.15) is 17.5 Å². The van der Waals surface area contributed by atoms with E-state index in [1.54, 1.807) is 6.92 Å². The summed E-state index contributed by atoms with van der Waals surface area (Å²) in [7, 11) is -4.13. The van der Waals surface area contributed by atoms with E-state index in [2.05, 4.69) is 10.2 Å². The van der Waals surface area contributed by atoms with Crippen molar-refractivity contribution in [1.29, 1.82) is 5.41 Å². The van der Waals surface area contributed by atoms with Gasteiger partial charge in [-0.25, -0.2) is 23.1 Å². The number of rotatable bonds is 10. The van der Waals surface area contributed by atoms with Gasteiger partial charge < -0.3 is 16.6 Å². The Hall–Kier alpha value is -4.19. The molecular formula is C20H24F4N6O7S. The van der Waals surface area contributed by atoms with Gasteiger partial charge in [-0.1, -0.05) is 18.2 Å². The minimum absolute atomic E-state index is 0.0538. The summed E-state index contributed by atoms with van der Waals surface area (Å²) in [5.74, 6) is -5.43. The molecular weight excluding hydrogens is 544 g/mol. The van der Waals surface area contributed by atoms with Crippen molar-refractivity contribution in [3.05, 3.63) is 63.8 Å². The summed E-state index contributed by atoms with van der Waals surface area (Å²) >= 11 is 0. The van der Waals surface area contributed by atoms with Crippen LogP contribution in [0.15, 0.2) is 41.2 Å². The summed E-state index contributed by atoms with van der Waals surface area (Å²) in [6.07, 6.45) is -5.14. The maximum Gasteiger partial charge on any atom is 0.490 e. The van der Waals surface area contributed by atoms with Crippen LogP contribution >= 0.6 is 0 Å². The highest BCUT2D eigenvalue weighted by molar-refractivity contribution is 7.91. The fourth-order valence-electron chi connectivity index (χ4n) is 2.83. The Kier molecular flexibility index (Phi) is 11.2. The predicted molar refractivity (Wildman–Crippen MR) is 126 cm³/mol. The number of pyridine rings is 1. The van der Waals surface area contributed by atoms with Crippen LogP contribution in [0.5, 0.6) is 0 Å². The van der Waals surface area contributed by atoms with Crippen molar-refractivity contribution in [2.75, 3.05) is 11.3 Å². The zero-order valence-electron chi connectivity index (χ0n) is 19.6. The Balaban J connectivity index is 0.000000905. The van der Waals surface area contributed by atoms with Crippen LogP contribution in [0.2, 0.25) is 0 Å². The number of carboxylic acids is 1. The van der Waals surface area contributed by atoms with E-state index in [-0.39, 0.29) is 24.3 Å². The van der Waals surface area contributed by atoms with Crippen LogP contribution in [0.4, 0.5) is 23.2 Å². The van der Waals surface area contributed by atoms with Crippen molar-refractivity contribution in [1.82, 2.24) is 10.0 Å². The molecule has 2 aromatic rings. The summed E-state index contributed by atoms with van der Waals surface area (Å²) in [6, 6.07) is 6.90. The largest absolute Gasteiger partial charge is 0.490 e. The number of hydrogen-bond donors (Lipinski definition) is 6. The number of halogens is 4. The van der Waals surface area contributed by atoms with E-state index in [4.69, 9.17) is 31.6 Å². The molecule has 0 aliphatic rings. The lowest BCUT2D eigenvalue weighted by Crippen LogP contribution is -2.38. The van der Waals surface area contributed by atoms with E-state index in [0.717, 1.165) is 10.6 Å². The van der Waals surface area contributed by atoms with Gasteiger partial charge in [-0.15, -0.1) is 0 Å². The molecule has 210 valence electrons. The fraction of sp³-hybridized carbons (Fsp3) is 0.300. The number of carbonyl (C=O) groups is 2. The molecule has 18 heteroatoms. The molecule has 8 N–H and O–H groups in total. The molecule has 1 aromatic carbocycles. The second-order valence-electron chi connectivity index (χ2n) is 7.39. The molecule has 1 unspecified atom stereocenters. The second kappa shape index (κ2) is 13.4. The molecule has 1 atom stereocenters. The molecule has 0 fully saturated rings. The minimum atomic E-state index is -5.08. The van der Waals surface area contributed by atoms with Crippen molar-refractivity contribution in [2.24, 2.45) is 11.5 Å². The quantitative estimate of drug-likeness (QED) is 0.0780. The lowest BCUT2D eigenvalue weighted by molar-refractivity contribution is -0.192. The van der Waals surface area contributed by atoms with Crippen LogP contribution in [-0.2, 0) is 30.2 Å². The summed E-state index contributed by atoms with van der Waals surface area (Å²) in [5, 5.41) is 14.1. The van der Waals surface area contributed by atoms with E-state index < -0.39 is 57.2 Å². The minimum Gasteiger partial charge on any atom is -0.475 e. The standard InChI is InChI=1S/C18H23FN6O5S.C2HF3O2/c1-11-6-7-14(24-31(28,29)10-12-4-2-3-5-13(12)19)17(27)25(11)15(16(20)26)8-9-30-23-18(21)22;3-2(4,5)1(6)7/h2-7,15,24H,8-10H2,1H3,(H2,20,26)(H4,21,22,23);(H,6,7). The molecule has 0 bridgehead atoms. The highest BCUT2D eigenvalue weighted by Crippen LogP contribution is 2.17. The number of nitrogens with two attached hydrogens (primary N) is 2. The lowest BCUT2D eigenvalue weighted by Gasteiger charge is -2.20. The van der Waals surface area contributed by atoms with E-state index in [1.807, 2.05) is 0 Å². The Morgan fingerprint density at radius 3 is 2.26 bits per heavy atom. The number of aliphatic carboxylic acids is 1. The highest BCUT2D eigenvalue weighted by atomic mass is 32.2. The molecule has 0 saturated heterocycles. The third kappa shape index (κ3) is 10.1. The Morgan fingerprint density at radius 2 is 1.76 bits per heavy atom. The average Bonchev–Trinajstić information content (AvgIpc) is 2.78. The third-order valence-electron chi connectivity index (χ3n) is 4.45. The molecule has 38 heavy (non-hydrogen) atoms. The van der Waals surface area contributed by atoms with Crippen LogP contribution in [0.1, 0.15) is 23.7 Å². The number of carbonyl (C=O) groups excluding carboxylic acids is 1. The third-order valence-corrected chi connectivity index (χ3v) is 5.67. The number of nitrogens with zero attached hydrogens (tertiary/aromatic N) is 1. The number of benzene rings is 1. The van der Waals surface area contributed by atoms with Gasteiger partial charge in [0.05, 0.1) is 12.4 Å². The first kappa shape index (κ1) is 31.8. The van der Waals surface area contributed by atoms with E-state index in [1.165, 1.54) is 30.3 Å². The number of hydroxylamine groups is 1. The van der Waals surface area contributed by atoms with Gasteiger partial charge in [0.2, 0.25) is 21.9 Å². The SMILES string of the molecule is Cc1ccc(NS(=O)(=O)Cc2ccccc2F)c(=O)n1C(CCONC(=N)N)C(N)=O.O=C(O)C(F)(F)F. The predicted octanol–water partition coefficient (Wildman–Crippen LogP) is 0.702. The molecule has 2 rings (SSSR count). The number of anilines is 1. The van der Waals surface area contributed by atoms with Crippen LogP contribution < -0.4 is 27.2 Å². The number of amides is 1. The summed E-state index contributed by atoms with van der Waals surface area (Å²) in [5.41, 5.74) is 11.8. The smallest absolute Gasteiger partial charge is 0.475 e. The molecule has 13 nitrogen and oxygen atoms in total. The van der Waals surface area contributed by atoms with E-state index in [0.29, 0.717) is 5.69 Å². The number of aromatic nitrogens is 1. The number of sulfonamides is 1. The molecule has 0 aliphatic carbocycles. The number of nitrogens with one attached hydrogen (secondary N) is 3. The van der Waals surface area contributed by atoms with Crippen LogP contribution in [0.25, 0.3) is 0 Å². The number of primary amides is 1. The number of guanidine groups is 1. The maximum atomic E-state index is 13.8. The monoisotopic (exact) mass is 568 g/mol. The van der Waals surface area contributed by atoms with Gasteiger partial charge in [-0.3, -0.25) is 29.1 Å². The van der Waals surface area contributed by atoms with Crippen LogP contribution in [-0.4, -0.2) is 48.7 Å². The summed E-state index contributed by atoms with van der Waals surface area (Å²) < 4.78 is 73.7. The molecule has 1 heterocycles. The fourth-order valence-corrected chi connectivity index (χ4v) is 4.04. The molecule has 1 amide bonds. The van der Waals surface area contributed by atoms with Crippen LogP contribution in [0, 0.1) is 18.2 Å². The van der Waals surface area contributed by atoms with Gasteiger partial charge >= 0.3 is 12.1 Å². The first-order valence-corrected chi connectivity index (χ1v) is 11.9. The Bertz CT molecular complexity index is 1330. The Morgan fingerprint density at radius 1 is 1.18 bits per heavy atom. The van der Waals surface area contributed by atoms with Gasteiger partial charge in [-0.05, 0) is 25.1 Å². The zero-order valence-corrected chi connectivity index (χ0v) is 20.4. The van der Waals surface area contributed by atoms with Crippen LogP contribution in [0.3, 0.4) is 0 Å². The van der Waals surface area contributed by atoms with Crippen molar-refractivity contribution in [2.45, 2.75) is 31.3 Å². The summed E-state index contributed by atoms with van der Waals surface area (Å²) in [4.78, 5) is 38.7. The topological polar surface area (TPSA) is 220 Å². The average molecular weight is 569 g/mol. The number of hydrogen-bond acceptors (Lipinski definition) is 7. The number of carboxylic acid groups (broad SMARTS) is 1. The Labute approximate surface area is 212 Å². The summed E-state index contributed by atoms with van der Waals surface area (Å²) in [6.45, 7) is 1.42. The highest BCUT2D eigenvalue weighted by Gasteiger charge is 2.38. The van der Waals surface area contributed by atoms with Gasteiger partial charge in [0.25, 0.3) is 5.56 Å². The number of alkyl halides is 3. The van der Waals surface area contributed by atoms with Crippen molar-refractivity contribution in [3.63, 3.8) is 0 Å². The maximum absolute atomic E-state index is 13.8. The van der Waals surface area contributed by atoms with Gasteiger partial charge in [0.15, 0.2) is 0 Å². The number of aryl methyl sites for hydroxylation is 1. The molecule has 0 aliphatic heterocycles. The first-order valence-electron chi connectivity index (χ1n) is 10.2. The molecule has 0 spiro atoms. The molecule has 1 aromatic heterocycles. The van der Waals surface area contributed by atoms with Crippen molar-refractivity contribution in [3.8, 4) is 0 Å². The van der Waals surface area contributed by atoms with Crippen molar-refractivity contribution < 1.29 is 45.5 Å². The lowest BCUT2D eigenvalue weighted by atomic mass is 10.1.